The topological polar surface area (TPSA) is 9.23 Å². The Kier molecular flexibility index (Phi) is 5.13. The molecule has 0 bridgehead atoms. The van der Waals surface area contributed by atoms with Gasteiger partial charge in [-0.05, 0) is 36.4 Å². The van der Waals surface area contributed by atoms with E-state index in [4.69, 9.17) is 16.3 Å². The van der Waals surface area contributed by atoms with Crippen molar-refractivity contribution < 1.29 is 4.74 Å². The molecular weight excluding hydrogens is 447 g/mol. The summed E-state index contributed by atoms with van der Waals surface area (Å²) in [6.45, 7) is 0. The van der Waals surface area contributed by atoms with Crippen LogP contribution in [0.5, 0.6) is 11.5 Å². The van der Waals surface area contributed by atoms with Gasteiger partial charge in [0.25, 0.3) is 0 Å². The minimum Gasteiger partial charge on any atom is -0.455 e. The van der Waals surface area contributed by atoms with Crippen molar-refractivity contribution in [1.82, 2.24) is 0 Å². The Morgan fingerprint density at radius 1 is 0.944 bits per heavy atom. The van der Waals surface area contributed by atoms with Gasteiger partial charge in [0.2, 0.25) is 0 Å². The zero-order valence-corrected chi connectivity index (χ0v) is 14.6. The second-order valence-corrected chi connectivity index (χ2v) is 6.36. The molecule has 0 atom stereocenters. The quantitative estimate of drug-likeness (QED) is 0.477. The number of hydrogen-bond acceptors (Lipinski definition) is 1. The molecule has 0 amide bonds. The Labute approximate surface area is 136 Å². The highest BCUT2D eigenvalue weighted by Gasteiger charge is 2.08. The highest BCUT2D eigenvalue weighted by molar-refractivity contribution is 9.10. The lowest BCUT2D eigenvalue weighted by atomic mass is 10.2. The molecule has 0 radical (unpaired) electrons. The van der Waals surface area contributed by atoms with E-state index in [2.05, 4.69) is 47.8 Å². The summed E-state index contributed by atoms with van der Waals surface area (Å²) in [5.41, 5.74) is 1.06. The third-order valence-electron chi connectivity index (χ3n) is 2.28. The van der Waals surface area contributed by atoms with Crippen molar-refractivity contribution in [1.29, 1.82) is 0 Å². The van der Waals surface area contributed by atoms with Crippen LogP contribution in [0.25, 0.3) is 0 Å². The van der Waals surface area contributed by atoms with Gasteiger partial charge < -0.3 is 4.74 Å². The molecule has 2 aromatic carbocycles. The third kappa shape index (κ3) is 3.50. The molecule has 5 heteroatoms. The van der Waals surface area contributed by atoms with Crippen molar-refractivity contribution in [2.45, 2.75) is 5.33 Å². The fourth-order valence-electron chi connectivity index (χ4n) is 1.43. The lowest BCUT2D eigenvalue weighted by molar-refractivity contribution is 0.478. The van der Waals surface area contributed by atoms with Gasteiger partial charge in [-0.25, -0.2) is 0 Å². The maximum absolute atomic E-state index is 6.13. The SMILES string of the molecule is Clc1cc(Br)ccc1Oc1ccc(Br)cc1CBr. The molecule has 0 heterocycles. The van der Waals surface area contributed by atoms with Crippen LogP contribution >= 0.6 is 59.4 Å². The Morgan fingerprint density at radius 2 is 1.56 bits per heavy atom. The first kappa shape index (κ1) is 14.4. The van der Waals surface area contributed by atoms with Gasteiger partial charge in [-0.3, -0.25) is 0 Å². The number of halogens is 4. The van der Waals surface area contributed by atoms with E-state index in [1.807, 2.05) is 36.4 Å². The van der Waals surface area contributed by atoms with Crippen molar-refractivity contribution in [2.75, 3.05) is 0 Å². The van der Waals surface area contributed by atoms with Crippen molar-refractivity contribution in [3.63, 3.8) is 0 Å². The molecular formula is C13H8Br3ClO. The maximum atomic E-state index is 6.13. The Morgan fingerprint density at radius 3 is 2.17 bits per heavy atom. The summed E-state index contributed by atoms with van der Waals surface area (Å²) in [6, 6.07) is 11.4. The van der Waals surface area contributed by atoms with Crippen LogP contribution < -0.4 is 4.74 Å². The Hall–Kier alpha value is -0.0300. The van der Waals surface area contributed by atoms with Gasteiger partial charge in [-0.2, -0.15) is 0 Å². The van der Waals surface area contributed by atoms with Crippen molar-refractivity contribution in [3.8, 4) is 11.5 Å². The second kappa shape index (κ2) is 6.42. The maximum Gasteiger partial charge on any atom is 0.146 e. The molecule has 0 aliphatic carbocycles. The average Bonchev–Trinajstić information content (AvgIpc) is 2.34. The first-order valence-corrected chi connectivity index (χ1v) is 8.16. The molecule has 0 aliphatic heterocycles. The Bertz CT molecular complexity index is 572. The molecule has 0 unspecified atom stereocenters. The minimum absolute atomic E-state index is 0.577. The summed E-state index contributed by atoms with van der Waals surface area (Å²) < 4.78 is 7.78. The molecule has 0 N–H and O–H groups in total. The van der Waals surface area contributed by atoms with Gasteiger partial charge in [0.15, 0.2) is 0 Å². The normalized spacial score (nSPS) is 10.4. The molecule has 0 fully saturated rings. The predicted octanol–water partition coefficient (Wildman–Crippen LogP) is 6.55. The van der Waals surface area contributed by atoms with Crippen LogP contribution in [0, 0.1) is 0 Å². The van der Waals surface area contributed by atoms with Crippen LogP contribution in [-0.4, -0.2) is 0 Å². The van der Waals surface area contributed by atoms with E-state index in [0.717, 1.165) is 25.6 Å². The molecule has 2 rings (SSSR count). The Balaban J connectivity index is 2.33. The van der Waals surface area contributed by atoms with Gasteiger partial charge in [-0.15, -0.1) is 0 Å². The monoisotopic (exact) mass is 452 g/mol. The molecule has 18 heavy (non-hydrogen) atoms. The summed E-state index contributed by atoms with van der Waals surface area (Å²) >= 11 is 16.4. The van der Waals surface area contributed by atoms with Crippen molar-refractivity contribution >= 4 is 59.4 Å². The van der Waals surface area contributed by atoms with Crippen LogP contribution in [-0.2, 0) is 5.33 Å². The van der Waals surface area contributed by atoms with Crippen LogP contribution in [0.4, 0.5) is 0 Å². The van der Waals surface area contributed by atoms with Gasteiger partial charge >= 0.3 is 0 Å². The first-order valence-electron chi connectivity index (χ1n) is 5.07. The summed E-state index contributed by atoms with van der Waals surface area (Å²) in [7, 11) is 0. The predicted molar refractivity (Wildman–Crippen MR) is 86.0 cm³/mol. The summed E-state index contributed by atoms with van der Waals surface area (Å²) in [6.07, 6.45) is 0. The molecule has 0 spiro atoms. The van der Waals surface area contributed by atoms with Crippen LogP contribution in [0.2, 0.25) is 5.02 Å². The van der Waals surface area contributed by atoms with Crippen LogP contribution in [0.3, 0.4) is 0 Å². The first-order chi connectivity index (χ1) is 8.60. The minimum atomic E-state index is 0.577. The van der Waals surface area contributed by atoms with E-state index in [1.165, 1.54) is 0 Å². The highest BCUT2D eigenvalue weighted by atomic mass is 79.9. The largest absolute Gasteiger partial charge is 0.455 e. The number of alkyl halides is 1. The van der Waals surface area contributed by atoms with Crippen LogP contribution in [0.1, 0.15) is 5.56 Å². The molecule has 94 valence electrons. The third-order valence-corrected chi connectivity index (χ3v) is 4.17. The average molecular weight is 455 g/mol. The number of ether oxygens (including phenoxy) is 1. The molecule has 0 aromatic heterocycles. The van der Waals surface area contributed by atoms with Crippen LogP contribution in [0.15, 0.2) is 45.3 Å². The number of benzene rings is 2. The summed E-state index contributed by atoms with van der Waals surface area (Å²) in [5, 5.41) is 1.29. The van der Waals surface area contributed by atoms with Crippen molar-refractivity contribution in [3.05, 3.63) is 55.9 Å². The second-order valence-electron chi connectivity index (χ2n) is 3.56. The molecule has 0 saturated carbocycles. The fourth-order valence-corrected chi connectivity index (χ4v) is 2.99. The lowest BCUT2D eigenvalue weighted by Crippen LogP contribution is -1.90. The van der Waals surface area contributed by atoms with Gasteiger partial charge in [0.05, 0.1) is 5.02 Å². The lowest BCUT2D eigenvalue weighted by Gasteiger charge is -2.11. The summed E-state index contributed by atoms with van der Waals surface area (Å²) in [5.74, 6) is 1.43. The van der Waals surface area contributed by atoms with E-state index in [-0.39, 0.29) is 0 Å². The van der Waals surface area contributed by atoms with E-state index in [0.29, 0.717) is 10.8 Å². The van der Waals surface area contributed by atoms with Gasteiger partial charge in [0, 0.05) is 19.8 Å². The van der Waals surface area contributed by atoms with E-state index >= 15 is 0 Å². The molecule has 1 nitrogen and oxygen atoms in total. The zero-order chi connectivity index (χ0) is 13.1. The zero-order valence-electron chi connectivity index (χ0n) is 9.09. The smallest absolute Gasteiger partial charge is 0.146 e. The fraction of sp³-hybridized carbons (Fsp3) is 0.0769. The molecule has 2 aromatic rings. The molecule has 0 aliphatic rings. The highest BCUT2D eigenvalue weighted by Crippen LogP contribution is 2.34. The van der Waals surface area contributed by atoms with Crippen molar-refractivity contribution in [2.24, 2.45) is 0 Å². The molecule has 0 saturated heterocycles. The summed E-state index contributed by atoms with van der Waals surface area (Å²) in [4.78, 5) is 0. The van der Waals surface area contributed by atoms with E-state index < -0.39 is 0 Å². The number of hydrogen-bond donors (Lipinski definition) is 0. The van der Waals surface area contributed by atoms with E-state index in [9.17, 15) is 0 Å². The van der Waals surface area contributed by atoms with Gasteiger partial charge in [0.1, 0.15) is 11.5 Å². The van der Waals surface area contributed by atoms with Gasteiger partial charge in [-0.1, -0.05) is 59.4 Å². The standard InChI is InChI=1S/C13H8Br3ClO/c14-7-8-5-9(15)1-3-12(8)18-13-4-2-10(16)6-11(13)17/h1-6H,7H2. The van der Waals surface area contributed by atoms with E-state index in [1.54, 1.807) is 0 Å². The number of rotatable bonds is 3.